The molecule has 148 valence electrons. The van der Waals surface area contributed by atoms with Gasteiger partial charge in [-0.05, 0) is 36.2 Å². The maximum absolute atomic E-state index is 12.9. The molecule has 3 rings (SSSR count). The molecule has 0 aromatic heterocycles. The number of nitrogens with one attached hydrogen (secondary N) is 1. The first-order valence-corrected chi connectivity index (χ1v) is 10.2. The largest absolute Gasteiger partial charge is 0.336 e. The van der Waals surface area contributed by atoms with Crippen LogP contribution in [0.3, 0.4) is 0 Å². The van der Waals surface area contributed by atoms with Crippen LogP contribution in [0.25, 0.3) is 0 Å². The lowest BCUT2D eigenvalue weighted by Crippen LogP contribution is -2.49. The maximum Gasteiger partial charge on any atom is 0.256 e. The Bertz CT molecular complexity index is 819. The van der Waals surface area contributed by atoms with Crippen LogP contribution in [0.4, 0.5) is 5.69 Å². The summed E-state index contributed by atoms with van der Waals surface area (Å²) >= 11 is 11.5. The van der Waals surface area contributed by atoms with Gasteiger partial charge in [0.15, 0.2) is 0 Å². The van der Waals surface area contributed by atoms with Crippen molar-refractivity contribution in [2.75, 3.05) is 43.9 Å². The number of anilines is 1. The molecule has 7 heteroatoms. The van der Waals surface area contributed by atoms with Gasteiger partial charge in [0.05, 0.1) is 11.3 Å². The number of carbonyl (C=O) groups excluding carboxylic acids is 2. The van der Waals surface area contributed by atoms with Gasteiger partial charge in [0.1, 0.15) is 5.88 Å². The van der Waals surface area contributed by atoms with Crippen molar-refractivity contribution in [3.8, 4) is 0 Å². The van der Waals surface area contributed by atoms with Gasteiger partial charge in [0, 0.05) is 37.7 Å². The molecule has 5 nitrogen and oxygen atoms in total. The third-order valence-corrected chi connectivity index (χ3v) is 5.34. The van der Waals surface area contributed by atoms with E-state index in [1.807, 2.05) is 29.2 Å². The molecular weight excluding hydrogens is 397 g/mol. The van der Waals surface area contributed by atoms with Gasteiger partial charge >= 0.3 is 0 Å². The van der Waals surface area contributed by atoms with E-state index in [4.69, 9.17) is 23.2 Å². The number of amides is 2. The monoisotopic (exact) mass is 419 g/mol. The molecule has 1 heterocycles. The molecule has 0 aliphatic carbocycles. The quantitative estimate of drug-likeness (QED) is 0.728. The van der Waals surface area contributed by atoms with Crippen LogP contribution >= 0.6 is 23.2 Å². The average Bonchev–Trinajstić information content (AvgIpc) is 2.73. The van der Waals surface area contributed by atoms with E-state index < -0.39 is 0 Å². The molecule has 0 atom stereocenters. The summed E-state index contributed by atoms with van der Waals surface area (Å²) < 4.78 is 0. The number of halogens is 2. The van der Waals surface area contributed by atoms with Crippen molar-refractivity contribution in [2.24, 2.45) is 0 Å². The number of carbonyl (C=O) groups is 2. The highest BCUT2D eigenvalue weighted by atomic mass is 35.5. The summed E-state index contributed by atoms with van der Waals surface area (Å²) in [6, 6.07) is 15.0. The van der Waals surface area contributed by atoms with Crippen LogP contribution < -0.4 is 5.32 Å². The van der Waals surface area contributed by atoms with Gasteiger partial charge in [0.25, 0.3) is 5.91 Å². The van der Waals surface area contributed by atoms with Crippen molar-refractivity contribution in [2.45, 2.75) is 6.42 Å². The Hall–Kier alpha value is -2.08. The molecule has 2 aromatic rings. The van der Waals surface area contributed by atoms with Crippen LogP contribution in [0.1, 0.15) is 15.9 Å². The Morgan fingerprint density at radius 1 is 0.964 bits per heavy atom. The first kappa shape index (κ1) is 20.6. The molecule has 1 fully saturated rings. The Morgan fingerprint density at radius 3 is 2.32 bits per heavy atom. The zero-order valence-electron chi connectivity index (χ0n) is 15.5. The number of piperazine rings is 1. The molecule has 1 N–H and O–H groups in total. The summed E-state index contributed by atoms with van der Waals surface area (Å²) in [6.07, 6.45) is 0.957. The van der Waals surface area contributed by atoms with Crippen LogP contribution in [0.5, 0.6) is 0 Å². The fourth-order valence-corrected chi connectivity index (χ4v) is 3.44. The second kappa shape index (κ2) is 9.92. The van der Waals surface area contributed by atoms with Crippen molar-refractivity contribution in [3.63, 3.8) is 0 Å². The minimum Gasteiger partial charge on any atom is -0.336 e. The molecular formula is C21H23Cl2N3O2. The average molecular weight is 420 g/mol. The van der Waals surface area contributed by atoms with Gasteiger partial charge in [-0.3, -0.25) is 14.5 Å². The highest BCUT2D eigenvalue weighted by Gasteiger charge is 2.24. The van der Waals surface area contributed by atoms with E-state index in [0.717, 1.165) is 31.1 Å². The number of nitrogens with zero attached hydrogens (tertiary/aromatic N) is 2. The van der Waals surface area contributed by atoms with Gasteiger partial charge < -0.3 is 10.2 Å². The highest BCUT2D eigenvalue weighted by molar-refractivity contribution is 6.30. The van der Waals surface area contributed by atoms with Gasteiger partial charge in [-0.2, -0.15) is 0 Å². The molecule has 2 amide bonds. The van der Waals surface area contributed by atoms with Crippen LogP contribution in [0.15, 0.2) is 48.5 Å². The Labute approximate surface area is 175 Å². The zero-order valence-corrected chi connectivity index (χ0v) is 17.0. The smallest absolute Gasteiger partial charge is 0.256 e. The lowest BCUT2D eigenvalue weighted by atomic mass is 10.1. The number of hydrogen-bond acceptors (Lipinski definition) is 3. The summed E-state index contributed by atoms with van der Waals surface area (Å²) in [5.41, 5.74) is 2.26. The van der Waals surface area contributed by atoms with Crippen LogP contribution in [-0.2, 0) is 11.2 Å². The SMILES string of the molecule is O=C(CCl)Nc1ccccc1C(=O)N1CCN(CCc2ccc(Cl)cc2)CC1. The van der Waals surface area contributed by atoms with Crippen LogP contribution in [0, 0.1) is 0 Å². The minimum absolute atomic E-state index is 0.0668. The zero-order chi connectivity index (χ0) is 19.9. The second-order valence-corrected chi connectivity index (χ2v) is 7.44. The van der Waals surface area contributed by atoms with Gasteiger partial charge in [-0.15, -0.1) is 11.6 Å². The number of hydrogen-bond donors (Lipinski definition) is 1. The van der Waals surface area contributed by atoms with E-state index in [-0.39, 0.29) is 17.7 Å². The van der Waals surface area contributed by atoms with Crippen molar-refractivity contribution >= 4 is 40.7 Å². The van der Waals surface area contributed by atoms with Crippen LogP contribution in [0.2, 0.25) is 5.02 Å². The van der Waals surface area contributed by atoms with E-state index in [9.17, 15) is 9.59 Å². The first-order valence-electron chi connectivity index (χ1n) is 9.28. The number of para-hydroxylation sites is 1. The summed E-state index contributed by atoms with van der Waals surface area (Å²) in [6.45, 7) is 3.94. The number of rotatable bonds is 6. The molecule has 1 aliphatic rings. The molecule has 0 bridgehead atoms. The summed E-state index contributed by atoms with van der Waals surface area (Å²) in [4.78, 5) is 28.7. The highest BCUT2D eigenvalue weighted by Crippen LogP contribution is 2.19. The van der Waals surface area contributed by atoms with E-state index in [1.165, 1.54) is 5.56 Å². The third kappa shape index (κ3) is 5.47. The van der Waals surface area contributed by atoms with Crippen molar-refractivity contribution in [3.05, 3.63) is 64.7 Å². The molecule has 1 aliphatic heterocycles. The molecule has 0 spiro atoms. The predicted octanol–water partition coefficient (Wildman–Crippen LogP) is 3.52. The lowest BCUT2D eigenvalue weighted by Gasteiger charge is -2.35. The number of alkyl halides is 1. The maximum atomic E-state index is 12.9. The Kier molecular flexibility index (Phi) is 7.31. The number of benzene rings is 2. The second-order valence-electron chi connectivity index (χ2n) is 6.74. The van der Waals surface area contributed by atoms with Crippen molar-refractivity contribution in [1.29, 1.82) is 0 Å². The standard InChI is InChI=1S/C21H23Cl2N3O2/c22-15-20(27)24-19-4-2-1-3-18(19)21(28)26-13-11-25(12-14-26)10-9-16-5-7-17(23)8-6-16/h1-8H,9-15H2,(H,24,27). The molecule has 0 saturated carbocycles. The van der Waals surface area contributed by atoms with E-state index in [1.54, 1.807) is 24.3 Å². The molecule has 0 unspecified atom stereocenters. The topological polar surface area (TPSA) is 52.7 Å². The minimum atomic E-state index is -0.325. The fourth-order valence-electron chi connectivity index (χ4n) is 3.25. The van der Waals surface area contributed by atoms with Gasteiger partial charge in [-0.1, -0.05) is 35.9 Å². The third-order valence-electron chi connectivity index (χ3n) is 4.84. The lowest BCUT2D eigenvalue weighted by molar-refractivity contribution is -0.113. The van der Waals surface area contributed by atoms with Crippen molar-refractivity contribution < 1.29 is 9.59 Å². The molecule has 2 aromatic carbocycles. The Morgan fingerprint density at radius 2 is 1.64 bits per heavy atom. The summed E-state index contributed by atoms with van der Waals surface area (Å²) in [5.74, 6) is -0.536. The van der Waals surface area contributed by atoms with Crippen molar-refractivity contribution in [1.82, 2.24) is 9.80 Å². The van der Waals surface area contributed by atoms with Crippen LogP contribution in [-0.4, -0.2) is 60.2 Å². The molecule has 1 saturated heterocycles. The fraction of sp³-hybridized carbons (Fsp3) is 0.333. The normalized spacial score (nSPS) is 14.7. The van der Waals surface area contributed by atoms with E-state index in [2.05, 4.69) is 10.2 Å². The summed E-state index contributed by atoms with van der Waals surface area (Å²) in [7, 11) is 0. The predicted molar refractivity (Wildman–Crippen MR) is 113 cm³/mol. The molecule has 0 radical (unpaired) electrons. The van der Waals surface area contributed by atoms with E-state index in [0.29, 0.717) is 24.3 Å². The summed E-state index contributed by atoms with van der Waals surface area (Å²) in [5, 5.41) is 3.44. The Balaban J connectivity index is 1.54. The van der Waals surface area contributed by atoms with Gasteiger partial charge in [-0.25, -0.2) is 0 Å². The molecule has 28 heavy (non-hydrogen) atoms. The van der Waals surface area contributed by atoms with Gasteiger partial charge in [0.2, 0.25) is 5.91 Å². The van der Waals surface area contributed by atoms with E-state index >= 15 is 0 Å². The first-order chi connectivity index (χ1) is 13.6.